The van der Waals surface area contributed by atoms with Crippen LogP contribution < -0.4 is 11.1 Å². The predicted octanol–water partition coefficient (Wildman–Crippen LogP) is 1.92. The largest absolute Gasteiger partial charge is 0.454 e. The second kappa shape index (κ2) is 8.86. The number of amides is 1. The molecule has 0 aromatic heterocycles. The van der Waals surface area contributed by atoms with Gasteiger partial charge in [0.2, 0.25) is 0 Å². The van der Waals surface area contributed by atoms with Crippen molar-refractivity contribution < 1.29 is 23.9 Å². The van der Waals surface area contributed by atoms with Crippen molar-refractivity contribution in [1.82, 2.24) is 5.32 Å². The molecule has 1 atom stereocenters. The number of carbonyl (C=O) groups excluding carboxylic acids is 3. The Labute approximate surface area is 138 Å². The fourth-order valence-electron chi connectivity index (χ4n) is 1.68. The highest BCUT2D eigenvalue weighted by Gasteiger charge is 2.31. The van der Waals surface area contributed by atoms with E-state index in [0.717, 1.165) is 0 Å². The average molecular weight is 330 g/mol. The maximum absolute atomic E-state index is 12.2. The minimum Gasteiger partial charge on any atom is -0.454 e. The third-order valence-corrected chi connectivity index (χ3v) is 2.55. The second-order valence-electron chi connectivity index (χ2n) is 7.35. The van der Waals surface area contributed by atoms with E-state index >= 15 is 0 Å². The summed E-state index contributed by atoms with van der Waals surface area (Å²) in [6, 6.07) is -0.980. The zero-order valence-electron chi connectivity index (χ0n) is 15.0. The molecule has 134 valence electrons. The van der Waals surface area contributed by atoms with Gasteiger partial charge in [-0.05, 0) is 67.3 Å². The lowest BCUT2D eigenvalue weighted by atomic mass is 10.0. The van der Waals surface area contributed by atoms with Gasteiger partial charge >= 0.3 is 12.1 Å². The molecule has 0 aliphatic rings. The van der Waals surface area contributed by atoms with Crippen LogP contribution in [0.4, 0.5) is 4.79 Å². The molecule has 0 spiro atoms. The summed E-state index contributed by atoms with van der Waals surface area (Å²) in [5, 5.41) is 2.45. The smallest absolute Gasteiger partial charge is 0.408 e. The number of Topliss-reactive ketones (excluding diaryl/α,β-unsaturated/α-hetero) is 1. The van der Waals surface area contributed by atoms with Crippen LogP contribution in [0.1, 0.15) is 60.8 Å². The number of nitrogens with one attached hydrogen (secondary N) is 1. The van der Waals surface area contributed by atoms with Crippen LogP contribution in [-0.2, 0) is 19.1 Å². The number of ether oxygens (including phenoxy) is 2. The number of alkyl carbamates (subject to hydrolysis) is 1. The molecule has 0 saturated carbocycles. The summed E-state index contributed by atoms with van der Waals surface area (Å²) in [6.45, 7) is 10.6. The monoisotopic (exact) mass is 330 g/mol. The number of hydrogen-bond donors (Lipinski definition) is 2. The van der Waals surface area contributed by atoms with E-state index in [4.69, 9.17) is 15.2 Å². The standard InChI is InChI=1S/C16H30N2O5/c1-15(2,3)22-13(20)12(19)11(9-7-8-10-17)18-14(21)23-16(4,5)6/h11H,7-10,17H2,1-6H3,(H,18,21). The first kappa shape index (κ1) is 21.4. The first-order chi connectivity index (χ1) is 10.4. The molecule has 0 aromatic carbocycles. The predicted molar refractivity (Wildman–Crippen MR) is 86.9 cm³/mol. The molecule has 0 radical (unpaired) electrons. The van der Waals surface area contributed by atoms with Gasteiger partial charge < -0.3 is 20.5 Å². The maximum Gasteiger partial charge on any atom is 0.408 e. The van der Waals surface area contributed by atoms with Crippen molar-refractivity contribution in [2.24, 2.45) is 5.73 Å². The molecular weight excluding hydrogens is 300 g/mol. The highest BCUT2D eigenvalue weighted by atomic mass is 16.6. The van der Waals surface area contributed by atoms with Crippen molar-refractivity contribution in [1.29, 1.82) is 0 Å². The Morgan fingerprint density at radius 3 is 1.91 bits per heavy atom. The van der Waals surface area contributed by atoms with Crippen molar-refractivity contribution in [2.45, 2.75) is 78.0 Å². The van der Waals surface area contributed by atoms with Gasteiger partial charge in [-0.2, -0.15) is 0 Å². The molecule has 3 N–H and O–H groups in total. The number of unbranched alkanes of at least 4 members (excludes halogenated alkanes) is 1. The van der Waals surface area contributed by atoms with E-state index in [1.807, 2.05) is 0 Å². The molecular formula is C16H30N2O5. The Morgan fingerprint density at radius 2 is 1.48 bits per heavy atom. The van der Waals surface area contributed by atoms with Crippen LogP contribution in [0.15, 0.2) is 0 Å². The van der Waals surface area contributed by atoms with Crippen LogP contribution >= 0.6 is 0 Å². The molecule has 0 heterocycles. The van der Waals surface area contributed by atoms with E-state index in [2.05, 4.69) is 5.32 Å². The lowest BCUT2D eigenvalue weighted by molar-refractivity contribution is -0.163. The molecule has 1 amide bonds. The fraction of sp³-hybridized carbons (Fsp3) is 0.812. The van der Waals surface area contributed by atoms with Crippen LogP contribution in [0, 0.1) is 0 Å². The molecule has 7 nitrogen and oxygen atoms in total. The number of carbonyl (C=O) groups is 3. The number of rotatable bonds is 7. The molecule has 0 aromatic rings. The maximum atomic E-state index is 12.2. The van der Waals surface area contributed by atoms with Crippen LogP contribution in [0.2, 0.25) is 0 Å². The fourth-order valence-corrected chi connectivity index (χ4v) is 1.68. The summed E-state index contributed by atoms with van der Waals surface area (Å²) in [5.41, 5.74) is 3.96. The average Bonchev–Trinajstić information content (AvgIpc) is 2.32. The Hall–Kier alpha value is -1.63. The van der Waals surface area contributed by atoms with Crippen molar-refractivity contribution >= 4 is 17.8 Å². The highest BCUT2D eigenvalue weighted by Crippen LogP contribution is 2.11. The van der Waals surface area contributed by atoms with Crippen LogP contribution in [0.5, 0.6) is 0 Å². The normalized spacial score (nSPS) is 13.2. The SMILES string of the molecule is CC(C)(C)OC(=O)NC(CCCCN)C(=O)C(=O)OC(C)(C)C. The van der Waals surface area contributed by atoms with Crippen molar-refractivity contribution in [2.75, 3.05) is 6.54 Å². The minimum absolute atomic E-state index is 0.300. The summed E-state index contributed by atoms with van der Waals surface area (Å²) < 4.78 is 10.2. The van der Waals surface area contributed by atoms with E-state index in [1.165, 1.54) is 0 Å². The molecule has 0 aliphatic heterocycles. The number of nitrogens with two attached hydrogens (primary N) is 1. The van der Waals surface area contributed by atoms with Crippen LogP contribution in [0.25, 0.3) is 0 Å². The van der Waals surface area contributed by atoms with Crippen LogP contribution in [-0.4, -0.2) is 41.6 Å². The van der Waals surface area contributed by atoms with Gasteiger partial charge in [-0.15, -0.1) is 0 Å². The van der Waals surface area contributed by atoms with Gasteiger partial charge in [0.1, 0.15) is 17.2 Å². The van der Waals surface area contributed by atoms with Gasteiger partial charge in [0.05, 0.1) is 0 Å². The van der Waals surface area contributed by atoms with Gasteiger partial charge in [-0.1, -0.05) is 0 Å². The molecule has 0 fully saturated rings. The van der Waals surface area contributed by atoms with Gasteiger partial charge in [0.25, 0.3) is 5.78 Å². The van der Waals surface area contributed by atoms with Crippen molar-refractivity contribution in [3.63, 3.8) is 0 Å². The number of ketones is 1. The van der Waals surface area contributed by atoms with Crippen LogP contribution in [0.3, 0.4) is 0 Å². The quantitative estimate of drug-likeness (QED) is 0.419. The van der Waals surface area contributed by atoms with E-state index < -0.39 is 35.1 Å². The Balaban J connectivity index is 4.88. The van der Waals surface area contributed by atoms with Gasteiger partial charge in [-0.25, -0.2) is 9.59 Å². The second-order valence-corrected chi connectivity index (χ2v) is 7.35. The summed E-state index contributed by atoms with van der Waals surface area (Å²) in [7, 11) is 0. The highest BCUT2D eigenvalue weighted by molar-refractivity contribution is 6.36. The minimum atomic E-state index is -0.980. The molecule has 7 heteroatoms. The van der Waals surface area contributed by atoms with Gasteiger partial charge in [-0.3, -0.25) is 4.79 Å². The van der Waals surface area contributed by atoms with E-state index in [9.17, 15) is 14.4 Å². The van der Waals surface area contributed by atoms with E-state index in [-0.39, 0.29) is 0 Å². The number of hydrogen-bond acceptors (Lipinski definition) is 6. The molecule has 1 unspecified atom stereocenters. The lowest BCUT2D eigenvalue weighted by Gasteiger charge is -2.24. The zero-order chi connectivity index (χ0) is 18.3. The zero-order valence-corrected chi connectivity index (χ0v) is 15.0. The third-order valence-electron chi connectivity index (χ3n) is 2.55. The summed E-state index contributed by atoms with van der Waals surface area (Å²) in [5.74, 6) is -1.76. The Kier molecular flexibility index (Phi) is 8.23. The van der Waals surface area contributed by atoms with Gasteiger partial charge in [0, 0.05) is 0 Å². The van der Waals surface area contributed by atoms with Crippen molar-refractivity contribution in [3.05, 3.63) is 0 Å². The Bertz CT molecular complexity index is 421. The van der Waals surface area contributed by atoms with E-state index in [0.29, 0.717) is 25.8 Å². The lowest BCUT2D eigenvalue weighted by Crippen LogP contribution is -2.47. The third kappa shape index (κ3) is 10.7. The summed E-state index contributed by atoms with van der Waals surface area (Å²) >= 11 is 0. The summed E-state index contributed by atoms with van der Waals surface area (Å²) in [4.78, 5) is 36.0. The number of esters is 1. The molecule has 0 bridgehead atoms. The topological polar surface area (TPSA) is 108 Å². The van der Waals surface area contributed by atoms with Gasteiger partial charge in [0.15, 0.2) is 0 Å². The molecule has 0 saturated heterocycles. The molecule has 0 aliphatic carbocycles. The first-order valence-corrected chi connectivity index (χ1v) is 7.82. The van der Waals surface area contributed by atoms with E-state index in [1.54, 1.807) is 41.5 Å². The first-order valence-electron chi connectivity index (χ1n) is 7.82. The van der Waals surface area contributed by atoms with Crippen molar-refractivity contribution in [3.8, 4) is 0 Å². The summed E-state index contributed by atoms with van der Waals surface area (Å²) in [6.07, 6.45) is 0.848. The molecule has 0 rings (SSSR count). The molecule has 23 heavy (non-hydrogen) atoms. The Morgan fingerprint density at radius 1 is 0.957 bits per heavy atom.